The minimum Gasteiger partial charge on any atom is -0.748 e. The number of amides is 1. The smallest absolute Gasteiger partial charge is 0.273 e. The van der Waals surface area contributed by atoms with E-state index in [0.29, 0.717) is 26.5 Å². The Labute approximate surface area is 182 Å². The molecule has 2 aliphatic heterocycles. The number of hydrogen-bond acceptors (Lipinski definition) is 8. The third kappa shape index (κ3) is 4.22. The first-order chi connectivity index (χ1) is 13.8. The molecule has 1 fully saturated rings. The number of benzene rings is 2. The number of carbonyl (C=O) groups excluding carboxylic acids is 1. The van der Waals surface area contributed by atoms with Crippen molar-refractivity contribution < 1.29 is 17.8 Å². The van der Waals surface area contributed by atoms with E-state index in [2.05, 4.69) is 0 Å². The molecule has 0 N–H and O–H groups in total. The van der Waals surface area contributed by atoms with Gasteiger partial charge in [-0.1, -0.05) is 66.1 Å². The first-order valence-corrected chi connectivity index (χ1v) is 12.3. The molecule has 2 heterocycles. The molecule has 0 saturated carbocycles. The number of hydrogen-bond donors (Lipinski definition) is 0. The lowest BCUT2D eigenvalue weighted by molar-refractivity contribution is -0.113. The van der Waals surface area contributed by atoms with Gasteiger partial charge in [-0.15, -0.1) is 0 Å². The maximum Gasteiger partial charge on any atom is 0.273 e. The van der Waals surface area contributed by atoms with Gasteiger partial charge < -0.3 is 9.45 Å². The molecule has 29 heavy (non-hydrogen) atoms. The Morgan fingerprint density at radius 1 is 1.00 bits per heavy atom. The molecule has 150 valence electrons. The fourth-order valence-corrected chi connectivity index (χ4v) is 6.24. The van der Waals surface area contributed by atoms with Crippen LogP contribution in [0.3, 0.4) is 0 Å². The summed E-state index contributed by atoms with van der Waals surface area (Å²) in [6, 6.07) is 16.9. The quantitative estimate of drug-likeness (QED) is 0.377. The van der Waals surface area contributed by atoms with Crippen LogP contribution in [0.2, 0.25) is 0 Å². The van der Waals surface area contributed by atoms with Crippen LogP contribution in [0.5, 0.6) is 0 Å². The molecule has 0 atom stereocenters. The molecule has 0 radical (unpaired) electrons. The summed E-state index contributed by atoms with van der Waals surface area (Å²) < 4.78 is 33.5. The molecule has 0 aliphatic carbocycles. The van der Waals surface area contributed by atoms with Crippen LogP contribution in [0.15, 0.2) is 69.4 Å². The number of anilines is 2. The Balaban J connectivity index is 1.69. The average molecular weight is 464 g/mol. The predicted octanol–water partition coefficient (Wildman–Crippen LogP) is 3.77. The summed E-state index contributed by atoms with van der Waals surface area (Å²) in [5.74, 6) is -0.655. The summed E-state index contributed by atoms with van der Waals surface area (Å²) in [6.45, 7) is 0.316. The summed E-state index contributed by atoms with van der Waals surface area (Å²) >= 11 is 8.14. The maximum absolute atomic E-state index is 13.2. The van der Waals surface area contributed by atoms with Crippen molar-refractivity contribution >= 4 is 67.5 Å². The molecule has 10 heteroatoms. The van der Waals surface area contributed by atoms with E-state index in [4.69, 9.17) is 12.2 Å². The van der Waals surface area contributed by atoms with E-state index in [9.17, 15) is 17.8 Å². The highest BCUT2D eigenvalue weighted by atomic mass is 32.2. The molecule has 0 bridgehead atoms. The summed E-state index contributed by atoms with van der Waals surface area (Å²) in [7, 11) is -4.29. The first kappa shape index (κ1) is 20.4. The topological polar surface area (TPSA) is 80.8 Å². The van der Waals surface area contributed by atoms with E-state index in [1.54, 1.807) is 0 Å². The van der Waals surface area contributed by atoms with Crippen LogP contribution in [-0.2, 0) is 14.9 Å². The fourth-order valence-electron chi connectivity index (χ4n) is 3.12. The Hall–Kier alpha value is -1.85. The Morgan fingerprint density at radius 2 is 1.69 bits per heavy atom. The van der Waals surface area contributed by atoms with Crippen molar-refractivity contribution in [3.05, 3.63) is 64.5 Å². The molecule has 2 aliphatic rings. The van der Waals surface area contributed by atoms with Gasteiger partial charge in [0.1, 0.15) is 9.93 Å². The minimum atomic E-state index is -4.29. The van der Waals surface area contributed by atoms with Crippen LogP contribution < -0.4 is 9.80 Å². The van der Waals surface area contributed by atoms with Crippen LogP contribution >= 0.6 is 35.7 Å². The zero-order chi connectivity index (χ0) is 20.6. The number of thioether (sulfide) groups is 2. The van der Waals surface area contributed by atoms with Gasteiger partial charge in [0.2, 0.25) is 0 Å². The fraction of sp³-hybridized carbons (Fsp3) is 0.158. The van der Waals surface area contributed by atoms with E-state index in [1.165, 1.54) is 28.4 Å². The number of para-hydroxylation sites is 2. The Morgan fingerprint density at radius 3 is 2.41 bits per heavy atom. The highest BCUT2D eigenvalue weighted by Gasteiger charge is 2.39. The van der Waals surface area contributed by atoms with Gasteiger partial charge in [0.15, 0.2) is 4.32 Å². The van der Waals surface area contributed by atoms with Gasteiger partial charge in [-0.3, -0.25) is 9.69 Å². The zero-order valence-corrected chi connectivity index (χ0v) is 18.2. The van der Waals surface area contributed by atoms with Crippen LogP contribution in [0.4, 0.5) is 11.4 Å². The summed E-state index contributed by atoms with van der Waals surface area (Å²) in [5.41, 5.74) is 1.59. The lowest BCUT2D eigenvalue weighted by Gasteiger charge is -2.22. The molecule has 2 aromatic rings. The molecular formula is C19H15N2O4S4-. The first-order valence-electron chi connectivity index (χ1n) is 8.69. The lowest BCUT2D eigenvalue weighted by Crippen LogP contribution is -2.29. The number of thiocarbonyl (C=S) groups is 1. The van der Waals surface area contributed by atoms with E-state index in [-0.39, 0.29) is 12.3 Å². The van der Waals surface area contributed by atoms with Gasteiger partial charge in [-0.25, -0.2) is 8.42 Å². The maximum atomic E-state index is 13.2. The summed E-state index contributed by atoms with van der Waals surface area (Å²) in [5, 5.41) is 0.713. The van der Waals surface area contributed by atoms with Crippen LogP contribution in [0.1, 0.15) is 6.42 Å². The molecule has 2 aromatic carbocycles. The largest absolute Gasteiger partial charge is 0.748 e. The van der Waals surface area contributed by atoms with Crippen molar-refractivity contribution in [2.75, 3.05) is 22.1 Å². The molecule has 1 amide bonds. The third-order valence-electron chi connectivity index (χ3n) is 4.36. The van der Waals surface area contributed by atoms with Crippen molar-refractivity contribution in [3.63, 3.8) is 0 Å². The van der Waals surface area contributed by atoms with Crippen molar-refractivity contribution in [2.24, 2.45) is 0 Å². The minimum absolute atomic E-state index is 0.170. The van der Waals surface area contributed by atoms with E-state index in [1.807, 2.05) is 59.5 Å². The molecule has 1 saturated heterocycles. The molecular weight excluding hydrogens is 448 g/mol. The van der Waals surface area contributed by atoms with Crippen LogP contribution in [-0.4, -0.2) is 35.5 Å². The SMILES string of the molecule is O=C1/C(=C2/Sc3ccccc3N2CCCS(=O)(=O)[O-])SC(=S)N1c1ccccc1. The summed E-state index contributed by atoms with van der Waals surface area (Å²) in [6.07, 6.45) is 0.170. The average Bonchev–Trinajstić information content (AvgIpc) is 3.18. The van der Waals surface area contributed by atoms with Gasteiger partial charge in [0.25, 0.3) is 5.91 Å². The lowest BCUT2D eigenvalue weighted by atomic mass is 10.2. The number of carbonyl (C=O) groups is 1. The number of rotatable bonds is 5. The molecule has 0 aromatic heterocycles. The van der Waals surface area contributed by atoms with Crippen molar-refractivity contribution in [3.8, 4) is 0 Å². The second kappa shape index (κ2) is 8.11. The predicted molar refractivity (Wildman–Crippen MR) is 120 cm³/mol. The molecule has 0 spiro atoms. The second-order valence-electron chi connectivity index (χ2n) is 6.32. The number of nitrogens with zero attached hydrogens (tertiary/aromatic N) is 2. The Bertz CT molecular complexity index is 1120. The van der Waals surface area contributed by atoms with Gasteiger partial charge in [0, 0.05) is 17.2 Å². The van der Waals surface area contributed by atoms with Crippen molar-refractivity contribution in [2.45, 2.75) is 11.3 Å². The second-order valence-corrected chi connectivity index (χ2v) is 10.5. The highest BCUT2D eigenvalue weighted by Crippen LogP contribution is 2.51. The summed E-state index contributed by atoms with van der Waals surface area (Å²) in [4.78, 5) is 18.1. The van der Waals surface area contributed by atoms with Crippen molar-refractivity contribution in [1.29, 1.82) is 0 Å². The van der Waals surface area contributed by atoms with Gasteiger partial charge in [-0.2, -0.15) is 0 Å². The van der Waals surface area contributed by atoms with Crippen LogP contribution in [0.25, 0.3) is 0 Å². The monoisotopic (exact) mass is 463 g/mol. The Kier molecular flexibility index (Phi) is 5.71. The standard InChI is InChI=1S/C19H16N2O4S4/c22-17-16(28-19(26)21(17)13-7-2-1-3-8-13)18-20(11-6-12-29(23,24)25)14-9-4-5-10-15(14)27-18/h1-5,7-10H,6,11-12H2,(H,23,24,25)/p-1/b18-16-. The van der Waals surface area contributed by atoms with E-state index >= 15 is 0 Å². The van der Waals surface area contributed by atoms with Crippen LogP contribution in [0, 0.1) is 0 Å². The molecule has 6 nitrogen and oxygen atoms in total. The molecule has 4 rings (SSSR count). The normalized spacial score (nSPS) is 19.2. The van der Waals surface area contributed by atoms with E-state index in [0.717, 1.165) is 10.6 Å². The van der Waals surface area contributed by atoms with Crippen molar-refractivity contribution in [1.82, 2.24) is 0 Å². The highest BCUT2D eigenvalue weighted by molar-refractivity contribution is 8.27. The van der Waals surface area contributed by atoms with Gasteiger partial charge in [-0.05, 0) is 30.7 Å². The number of fused-ring (bicyclic) bond motifs is 1. The zero-order valence-electron chi connectivity index (χ0n) is 15.0. The van der Waals surface area contributed by atoms with Gasteiger partial charge >= 0.3 is 0 Å². The molecule has 0 unspecified atom stereocenters. The third-order valence-corrected chi connectivity index (χ3v) is 7.82. The van der Waals surface area contributed by atoms with Gasteiger partial charge in [0.05, 0.1) is 21.5 Å². The van der Waals surface area contributed by atoms with E-state index < -0.39 is 15.9 Å².